The fourth-order valence-electron chi connectivity index (χ4n) is 3.39. The molecule has 32 heavy (non-hydrogen) atoms. The van der Waals surface area contributed by atoms with Crippen molar-refractivity contribution in [1.82, 2.24) is 14.5 Å². The Morgan fingerprint density at radius 1 is 1.00 bits per heavy atom. The Morgan fingerprint density at radius 2 is 1.66 bits per heavy atom. The number of benzene rings is 2. The van der Waals surface area contributed by atoms with E-state index in [1.165, 1.54) is 4.31 Å². The van der Waals surface area contributed by atoms with Crippen LogP contribution in [0.2, 0.25) is 0 Å². The third-order valence-electron chi connectivity index (χ3n) is 5.23. The number of anilines is 1. The van der Waals surface area contributed by atoms with Gasteiger partial charge in [-0.25, -0.2) is 13.2 Å². The topological polar surface area (TPSA) is 81.8 Å². The fourth-order valence-corrected chi connectivity index (χ4v) is 4.81. The zero-order chi connectivity index (χ0) is 23.0. The van der Waals surface area contributed by atoms with Crippen LogP contribution < -0.4 is 10.6 Å². The van der Waals surface area contributed by atoms with Gasteiger partial charge in [0.25, 0.3) is 0 Å². The maximum atomic E-state index is 13.0. The minimum Gasteiger partial charge on any atom is -0.338 e. The van der Waals surface area contributed by atoms with E-state index in [4.69, 9.17) is 0 Å². The van der Waals surface area contributed by atoms with E-state index in [2.05, 4.69) is 39.8 Å². The number of hydrogen-bond acceptors (Lipinski definition) is 4. The summed E-state index contributed by atoms with van der Waals surface area (Å²) in [7, 11) is -3.56. The van der Waals surface area contributed by atoms with Crippen molar-refractivity contribution in [3.63, 3.8) is 0 Å². The molecule has 2 aromatic rings. The van der Waals surface area contributed by atoms with Gasteiger partial charge in [-0.3, -0.25) is 4.90 Å². The first kappa shape index (κ1) is 24.0. The molecule has 2 aromatic carbocycles. The molecule has 3 rings (SSSR count). The maximum absolute atomic E-state index is 13.0. The average molecular weight is 457 g/mol. The Kier molecular flexibility index (Phi) is 8.44. The zero-order valence-corrected chi connectivity index (χ0v) is 19.5. The Hall–Kier alpha value is -2.68. The molecule has 0 aromatic heterocycles. The lowest BCUT2D eigenvalue weighted by Gasteiger charge is -2.33. The van der Waals surface area contributed by atoms with E-state index in [1.54, 1.807) is 24.3 Å². The predicted octanol–water partition coefficient (Wildman–Crippen LogP) is 3.48. The molecule has 0 atom stereocenters. The first-order valence-electron chi connectivity index (χ1n) is 10.9. The summed E-state index contributed by atoms with van der Waals surface area (Å²) in [6.07, 6.45) is 4.20. The van der Waals surface area contributed by atoms with E-state index in [0.717, 1.165) is 12.1 Å². The summed E-state index contributed by atoms with van der Waals surface area (Å²) < 4.78 is 27.5. The number of nitrogens with zero attached hydrogens (tertiary/aromatic N) is 2. The lowest BCUT2D eigenvalue weighted by atomic mass is 10.2. The van der Waals surface area contributed by atoms with Crippen molar-refractivity contribution in [2.45, 2.75) is 18.7 Å². The zero-order valence-electron chi connectivity index (χ0n) is 18.7. The van der Waals surface area contributed by atoms with Crippen LogP contribution in [0.5, 0.6) is 0 Å². The molecular weight excluding hydrogens is 424 g/mol. The van der Waals surface area contributed by atoms with Crippen LogP contribution in [-0.2, 0) is 10.0 Å². The maximum Gasteiger partial charge on any atom is 0.319 e. The van der Waals surface area contributed by atoms with Gasteiger partial charge in [0, 0.05) is 45.0 Å². The van der Waals surface area contributed by atoms with Crippen LogP contribution in [0, 0.1) is 5.92 Å². The molecule has 7 nitrogen and oxygen atoms in total. The summed E-state index contributed by atoms with van der Waals surface area (Å²) in [5.74, 6) is 0.355. The molecule has 2 N–H and O–H groups in total. The van der Waals surface area contributed by atoms with Gasteiger partial charge in [-0.1, -0.05) is 56.3 Å². The van der Waals surface area contributed by atoms with E-state index in [9.17, 15) is 13.2 Å². The van der Waals surface area contributed by atoms with Gasteiger partial charge in [0.2, 0.25) is 10.0 Å². The number of carbonyl (C=O) groups excluding carboxylic acids is 1. The predicted molar refractivity (Wildman–Crippen MR) is 129 cm³/mol. The molecule has 172 valence electrons. The fraction of sp³-hybridized carbons (Fsp3) is 0.375. The number of amides is 2. The highest BCUT2D eigenvalue weighted by Crippen LogP contribution is 2.20. The summed E-state index contributed by atoms with van der Waals surface area (Å²) in [6.45, 7) is 7.69. The first-order chi connectivity index (χ1) is 15.3. The SMILES string of the molecule is CC(C)CNC(=O)Nc1ccc(S(=O)(=O)N2CCN(C/C=C/c3ccccc3)CC2)cc1. The van der Waals surface area contributed by atoms with E-state index in [1.807, 2.05) is 32.0 Å². The monoisotopic (exact) mass is 456 g/mol. The van der Waals surface area contributed by atoms with E-state index < -0.39 is 10.0 Å². The molecule has 1 aliphatic heterocycles. The molecule has 2 amide bonds. The van der Waals surface area contributed by atoms with Gasteiger partial charge in [0.05, 0.1) is 4.90 Å². The van der Waals surface area contributed by atoms with E-state index >= 15 is 0 Å². The average Bonchev–Trinajstić information content (AvgIpc) is 2.79. The van der Waals surface area contributed by atoms with Crippen molar-refractivity contribution >= 4 is 27.8 Å². The van der Waals surface area contributed by atoms with Gasteiger partial charge in [0.15, 0.2) is 0 Å². The molecule has 0 bridgehead atoms. The lowest BCUT2D eigenvalue weighted by molar-refractivity contribution is 0.204. The number of urea groups is 1. The number of sulfonamides is 1. The normalized spacial score (nSPS) is 15.8. The molecule has 0 radical (unpaired) electrons. The van der Waals surface area contributed by atoms with Gasteiger partial charge < -0.3 is 10.6 Å². The quantitative estimate of drug-likeness (QED) is 0.637. The highest BCUT2D eigenvalue weighted by molar-refractivity contribution is 7.89. The number of rotatable bonds is 8. The summed E-state index contributed by atoms with van der Waals surface area (Å²) in [6, 6.07) is 16.1. The Labute approximate surface area is 191 Å². The van der Waals surface area contributed by atoms with Crippen molar-refractivity contribution in [1.29, 1.82) is 0 Å². The van der Waals surface area contributed by atoms with Crippen LogP contribution in [0.3, 0.4) is 0 Å². The molecule has 0 saturated carbocycles. The molecule has 1 saturated heterocycles. The third-order valence-corrected chi connectivity index (χ3v) is 7.14. The summed E-state index contributed by atoms with van der Waals surface area (Å²) >= 11 is 0. The minimum absolute atomic E-state index is 0.239. The van der Waals surface area contributed by atoms with Gasteiger partial charge >= 0.3 is 6.03 Å². The number of piperazine rings is 1. The van der Waals surface area contributed by atoms with Crippen molar-refractivity contribution in [3.05, 3.63) is 66.2 Å². The number of hydrogen-bond donors (Lipinski definition) is 2. The van der Waals surface area contributed by atoms with Crippen LogP contribution in [0.4, 0.5) is 10.5 Å². The Morgan fingerprint density at radius 3 is 2.28 bits per heavy atom. The summed E-state index contributed by atoms with van der Waals surface area (Å²) in [5.41, 5.74) is 1.71. The summed E-state index contributed by atoms with van der Waals surface area (Å²) in [5, 5.41) is 5.49. The van der Waals surface area contributed by atoms with Crippen LogP contribution in [0.25, 0.3) is 6.08 Å². The molecule has 8 heteroatoms. The molecule has 1 heterocycles. The largest absolute Gasteiger partial charge is 0.338 e. The van der Waals surface area contributed by atoms with Crippen LogP contribution >= 0.6 is 0 Å². The second kappa shape index (κ2) is 11.3. The van der Waals surface area contributed by atoms with E-state index in [-0.39, 0.29) is 10.9 Å². The Balaban J connectivity index is 1.50. The van der Waals surface area contributed by atoms with Crippen molar-refractivity contribution < 1.29 is 13.2 Å². The van der Waals surface area contributed by atoms with Gasteiger partial charge in [0.1, 0.15) is 0 Å². The molecule has 1 aliphatic rings. The second-order valence-corrected chi connectivity index (χ2v) is 10.2. The molecular formula is C24H32N4O3S. The molecule has 0 unspecified atom stereocenters. The standard InChI is InChI=1S/C24H32N4O3S/c1-20(2)19-25-24(29)26-22-10-12-23(13-11-22)32(30,31)28-17-15-27(16-18-28)14-6-9-21-7-4-3-5-8-21/h3-13,20H,14-19H2,1-2H3,(H2,25,26,29)/b9-6+. The third kappa shape index (κ3) is 6.91. The van der Waals surface area contributed by atoms with Crippen molar-refractivity contribution in [2.75, 3.05) is 44.6 Å². The molecule has 0 aliphatic carbocycles. The van der Waals surface area contributed by atoms with Gasteiger partial charge in [-0.2, -0.15) is 4.31 Å². The Bertz CT molecular complexity index is 997. The van der Waals surface area contributed by atoms with Crippen molar-refractivity contribution in [2.24, 2.45) is 5.92 Å². The van der Waals surface area contributed by atoms with Gasteiger partial charge in [-0.05, 0) is 35.7 Å². The van der Waals surface area contributed by atoms with Gasteiger partial charge in [-0.15, -0.1) is 0 Å². The highest BCUT2D eigenvalue weighted by Gasteiger charge is 2.28. The van der Waals surface area contributed by atoms with Crippen LogP contribution in [0.15, 0.2) is 65.6 Å². The highest BCUT2D eigenvalue weighted by atomic mass is 32.2. The minimum atomic E-state index is -3.56. The first-order valence-corrected chi connectivity index (χ1v) is 12.4. The second-order valence-electron chi connectivity index (χ2n) is 8.27. The van der Waals surface area contributed by atoms with Crippen molar-refractivity contribution in [3.8, 4) is 0 Å². The van der Waals surface area contributed by atoms with Crippen LogP contribution in [0.1, 0.15) is 19.4 Å². The smallest absolute Gasteiger partial charge is 0.319 e. The lowest BCUT2D eigenvalue weighted by Crippen LogP contribution is -2.48. The van der Waals surface area contributed by atoms with E-state index in [0.29, 0.717) is 44.3 Å². The number of carbonyl (C=O) groups is 1. The van der Waals surface area contributed by atoms with Crippen LogP contribution in [-0.4, -0.2) is 62.9 Å². The summed E-state index contributed by atoms with van der Waals surface area (Å²) in [4.78, 5) is 14.4. The molecule has 1 fully saturated rings. The molecule has 0 spiro atoms. The number of nitrogens with one attached hydrogen (secondary N) is 2.